The summed E-state index contributed by atoms with van der Waals surface area (Å²) in [7, 11) is 1.62. The summed E-state index contributed by atoms with van der Waals surface area (Å²) in [4.78, 5) is 14.1. The highest BCUT2D eigenvalue weighted by Gasteiger charge is 2.30. The first-order valence-electron chi connectivity index (χ1n) is 13.4. The molecule has 204 valence electrons. The summed E-state index contributed by atoms with van der Waals surface area (Å²) in [5.74, 6) is 1.34. The summed E-state index contributed by atoms with van der Waals surface area (Å²) in [6.07, 6.45) is 4.96. The van der Waals surface area contributed by atoms with E-state index in [9.17, 15) is 4.79 Å². The maximum atomic E-state index is 14.1. The number of nitrogens with zero attached hydrogens (tertiary/aromatic N) is 2. The molecule has 1 amide bonds. The number of carbonyl (C=O) groups excluding carboxylic acids is 1. The van der Waals surface area contributed by atoms with Crippen LogP contribution < -0.4 is 14.8 Å². The quantitative estimate of drug-likeness (QED) is 0.213. The molecule has 3 aromatic carbocycles. The normalized spacial score (nSPS) is 12.8. The van der Waals surface area contributed by atoms with E-state index < -0.39 is 0 Å². The van der Waals surface area contributed by atoms with Crippen LogP contribution in [0.25, 0.3) is 28.0 Å². The number of halogens is 2. The van der Waals surface area contributed by atoms with E-state index in [2.05, 4.69) is 9.88 Å². The van der Waals surface area contributed by atoms with Crippen molar-refractivity contribution in [2.24, 2.45) is 0 Å². The SMILES string of the molecule is CCOc1ccc(-c2c3c4n(c(-c5ccc(Cl)c(Cl)c5)cn4c2C(=O)Nc2ccc(OC)cc2)CCCC3)cc1. The topological polar surface area (TPSA) is 56.9 Å². The van der Waals surface area contributed by atoms with E-state index in [1.165, 1.54) is 0 Å². The lowest BCUT2D eigenvalue weighted by Crippen LogP contribution is -2.15. The zero-order chi connectivity index (χ0) is 27.8. The molecule has 1 N–H and O–H groups in total. The number of carbonyl (C=O) groups is 1. The number of ether oxygens (including phenoxy) is 2. The van der Waals surface area contributed by atoms with Crippen molar-refractivity contribution in [3.05, 3.63) is 94.2 Å². The maximum Gasteiger partial charge on any atom is 0.273 e. The molecule has 0 unspecified atom stereocenters. The molecule has 0 radical (unpaired) electrons. The van der Waals surface area contributed by atoms with Gasteiger partial charge in [0.2, 0.25) is 0 Å². The number of methoxy groups -OCH3 is 1. The molecule has 1 aliphatic rings. The van der Waals surface area contributed by atoms with Crippen LogP contribution in [0.4, 0.5) is 5.69 Å². The van der Waals surface area contributed by atoms with E-state index in [4.69, 9.17) is 32.7 Å². The number of aryl methyl sites for hydroxylation is 2. The number of hydrogen-bond acceptors (Lipinski definition) is 3. The molecule has 0 saturated carbocycles. The first-order chi connectivity index (χ1) is 19.5. The summed E-state index contributed by atoms with van der Waals surface area (Å²) in [6.45, 7) is 3.40. The standard InChI is InChI=1S/C32H29Cl2N3O3/c1-3-40-24-12-7-20(8-13-24)29-25-6-4-5-17-36-28(21-9-16-26(33)27(34)18-21)19-37(32(25)36)30(29)31(38)35-22-10-14-23(39-2)15-11-22/h7-16,18-19H,3-6,17H2,1-2H3,(H,35,38). The van der Waals surface area contributed by atoms with Crippen LogP contribution in [0.15, 0.2) is 72.9 Å². The fraction of sp³-hybridized carbons (Fsp3) is 0.219. The van der Waals surface area contributed by atoms with Crippen LogP contribution in [0.1, 0.15) is 35.8 Å². The summed E-state index contributed by atoms with van der Waals surface area (Å²) < 4.78 is 15.3. The third kappa shape index (κ3) is 4.72. The minimum Gasteiger partial charge on any atom is -0.497 e. The number of benzene rings is 3. The van der Waals surface area contributed by atoms with Gasteiger partial charge in [-0.2, -0.15) is 0 Å². The Hall–Kier alpha value is -3.87. The number of hydrogen-bond donors (Lipinski definition) is 1. The van der Waals surface area contributed by atoms with Crippen molar-refractivity contribution in [2.75, 3.05) is 19.0 Å². The Kier molecular flexibility index (Phi) is 7.22. The molecule has 6 nitrogen and oxygen atoms in total. The molecule has 40 heavy (non-hydrogen) atoms. The number of amides is 1. The minimum atomic E-state index is -0.186. The van der Waals surface area contributed by atoms with E-state index >= 15 is 0 Å². The van der Waals surface area contributed by atoms with Crippen molar-refractivity contribution < 1.29 is 14.3 Å². The highest BCUT2D eigenvalue weighted by Crippen LogP contribution is 2.41. The van der Waals surface area contributed by atoms with Crippen LogP contribution >= 0.6 is 23.2 Å². The molecular weight excluding hydrogens is 545 g/mol. The Morgan fingerprint density at radius 3 is 2.35 bits per heavy atom. The van der Waals surface area contributed by atoms with Crippen LogP contribution in [0.5, 0.6) is 11.5 Å². The smallest absolute Gasteiger partial charge is 0.273 e. The Labute approximate surface area is 243 Å². The van der Waals surface area contributed by atoms with Crippen molar-refractivity contribution in [1.82, 2.24) is 8.97 Å². The lowest BCUT2D eigenvalue weighted by Gasteiger charge is -2.11. The van der Waals surface area contributed by atoms with Gasteiger partial charge in [0.05, 0.1) is 29.5 Å². The van der Waals surface area contributed by atoms with Crippen molar-refractivity contribution in [2.45, 2.75) is 32.7 Å². The first-order valence-corrected chi connectivity index (χ1v) is 14.1. The van der Waals surface area contributed by atoms with Crippen LogP contribution in [0.2, 0.25) is 10.0 Å². The molecule has 0 saturated heterocycles. The number of nitrogens with one attached hydrogen (secondary N) is 1. The molecule has 3 heterocycles. The second-order valence-electron chi connectivity index (χ2n) is 9.79. The highest BCUT2D eigenvalue weighted by molar-refractivity contribution is 6.42. The fourth-order valence-corrected chi connectivity index (χ4v) is 5.85. The van der Waals surface area contributed by atoms with Gasteiger partial charge in [0.1, 0.15) is 22.8 Å². The zero-order valence-corrected chi connectivity index (χ0v) is 23.9. The summed E-state index contributed by atoms with van der Waals surface area (Å²) >= 11 is 12.6. The van der Waals surface area contributed by atoms with Crippen molar-refractivity contribution >= 4 is 40.4 Å². The monoisotopic (exact) mass is 573 g/mol. The van der Waals surface area contributed by atoms with Gasteiger partial charge in [-0.3, -0.25) is 9.20 Å². The van der Waals surface area contributed by atoms with Crippen LogP contribution in [0.3, 0.4) is 0 Å². The van der Waals surface area contributed by atoms with Gasteiger partial charge in [0.25, 0.3) is 5.91 Å². The van der Waals surface area contributed by atoms with Crippen LogP contribution in [-0.2, 0) is 13.0 Å². The number of rotatable bonds is 7. The molecule has 0 spiro atoms. The van der Waals surface area contributed by atoms with E-state index in [0.717, 1.165) is 70.9 Å². The van der Waals surface area contributed by atoms with E-state index in [1.807, 2.05) is 84.3 Å². The molecule has 1 aliphatic heterocycles. The van der Waals surface area contributed by atoms with Crippen LogP contribution in [0, 0.1) is 0 Å². The van der Waals surface area contributed by atoms with Crippen molar-refractivity contribution in [3.63, 3.8) is 0 Å². The zero-order valence-electron chi connectivity index (χ0n) is 22.3. The van der Waals surface area contributed by atoms with Gasteiger partial charge in [-0.15, -0.1) is 0 Å². The summed E-state index contributed by atoms with van der Waals surface area (Å²) in [5.41, 5.74) is 7.34. The predicted molar refractivity (Wildman–Crippen MR) is 161 cm³/mol. The van der Waals surface area contributed by atoms with Gasteiger partial charge in [-0.1, -0.05) is 41.4 Å². The molecule has 0 bridgehead atoms. The Morgan fingerprint density at radius 1 is 0.925 bits per heavy atom. The fourth-order valence-electron chi connectivity index (χ4n) is 5.55. The Morgan fingerprint density at radius 2 is 1.65 bits per heavy atom. The number of aromatic nitrogens is 2. The second-order valence-corrected chi connectivity index (χ2v) is 10.6. The van der Waals surface area contributed by atoms with Gasteiger partial charge in [-0.25, -0.2) is 0 Å². The maximum absolute atomic E-state index is 14.1. The molecule has 5 aromatic rings. The van der Waals surface area contributed by atoms with E-state index in [1.54, 1.807) is 7.11 Å². The molecule has 0 fully saturated rings. The van der Waals surface area contributed by atoms with Gasteiger partial charge >= 0.3 is 0 Å². The van der Waals surface area contributed by atoms with Gasteiger partial charge in [0.15, 0.2) is 0 Å². The molecule has 0 aliphatic carbocycles. The molecule has 2 aromatic heterocycles. The highest BCUT2D eigenvalue weighted by atomic mass is 35.5. The van der Waals surface area contributed by atoms with Gasteiger partial charge in [0, 0.05) is 35.1 Å². The third-order valence-electron chi connectivity index (χ3n) is 7.37. The average molecular weight is 575 g/mol. The second kappa shape index (κ2) is 11.0. The molecular formula is C32H29Cl2N3O3. The largest absolute Gasteiger partial charge is 0.497 e. The van der Waals surface area contributed by atoms with Crippen LogP contribution in [-0.4, -0.2) is 28.6 Å². The van der Waals surface area contributed by atoms with E-state index in [-0.39, 0.29) is 5.91 Å². The first kappa shape index (κ1) is 26.4. The average Bonchev–Trinajstić information content (AvgIpc) is 3.38. The van der Waals surface area contributed by atoms with Gasteiger partial charge in [-0.05, 0) is 80.3 Å². The molecule has 0 atom stereocenters. The molecule has 8 heteroatoms. The van der Waals surface area contributed by atoms with Crippen molar-refractivity contribution in [1.29, 1.82) is 0 Å². The summed E-state index contributed by atoms with van der Waals surface area (Å²) in [5, 5.41) is 4.13. The minimum absolute atomic E-state index is 0.186. The predicted octanol–water partition coefficient (Wildman–Crippen LogP) is 8.38. The lowest BCUT2D eigenvalue weighted by molar-refractivity contribution is 0.102. The van der Waals surface area contributed by atoms with Crippen molar-refractivity contribution in [3.8, 4) is 33.9 Å². The molecule has 6 rings (SSSR count). The van der Waals surface area contributed by atoms with Gasteiger partial charge < -0.3 is 19.4 Å². The Bertz CT molecular complexity index is 1700. The third-order valence-corrected chi connectivity index (χ3v) is 8.11. The Balaban J connectivity index is 1.56. The lowest BCUT2D eigenvalue weighted by atomic mass is 9.97. The van der Waals surface area contributed by atoms with E-state index in [0.29, 0.717) is 28.0 Å². The number of anilines is 1. The number of imidazole rings is 1. The summed E-state index contributed by atoms with van der Waals surface area (Å²) in [6, 6.07) is 21.0.